The van der Waals surface area contributed by atoms with Crippen molar-refractivity contribution in [1.82, 2.24) is 5.32 Å². The van der Waals surface area contributed by atoms with Crippen molar-refractivity contribution >= 4 is 23.3 Å². The summed E-state index contributed by atoms with van der Waals surface area (Å²) in [6, 6.07) is 15.6. The average Bonchev–Trinajstić information content (AvgIpc) is 3.60. The van der Waals surface area contributed by atoms with Crippen LogP contribution in [0.2, 0.25) is 0 Å². The number of hydrogen-bond donors (Lipinski definition) is 1. The minimum absolute atomic E-state index is 0.0278. The van der Waals surface area contributed by atoms with Gasteiger partial charge in [0.15, 0.2) is 24.8 Å². The van der Waals surface area contributed by atoms with Gasteiger partial charge in [-0.1, -0.05) is 12.1 Å². The number of furan rings is 1. The van der Waals surface area contributed by atoms with Crippen molar-refractivity contribution in [2.45, 2.75) is 32.4 Å². The number of nitrogens with one attached hydrogen (secondary N) is 1. The largest absolute Gasteiger partial charge is 0.485 e. The molecule has 2 aliphatic rings. The van der Waals surface area contributed by atoms with Crippen LogP contribution < -0.4 is 19.7 Å². The third kappa shape index (κ3) is 5.83. The van der Waals surface area contributed by atoms with Gasteiger partial charge in [0.2, 0.25) is 0 Å². The molecular weight excluding hydrogens is 476 g/mol. The SMILES string of the molecule is Cc1cccc(OCC(=O)c2ccc3c(c2)N(Cc2ccc(C(=O)NC[C@@H]4CCCO4)o2)C(=O)CO3)c1. The molecule has 192 valence electrons. The number of aryl methyl sites for hydroxylation is 1. The number of amides is 2. The van der Waals surface area contributed by atoms with Crippen molar-refractivity contribution in [3.05, 3.63) is 77.2 Å². The zero-order chi connectivity index (χ0) is 25.8. The lowest BCUT2D eigenvalue weighted by Gasteiger charge is -2.29. The van der Waals surface area contributed by atoms with Gasteiger partial charge >= 0.3 is 0 Å². The third-order valence-electron chi connectivity index (χ3n) is 6.30. The molecule has 37 heavy (non-hydrogen) atoms. The highest BCUT2D eigenvalue weighted by Gasteiger charge is 2.28. The minimum atomic E-state index is -0.336. The predicted octanol–water partition coefficient (Wildman–Crippen LogP) is 3.68. The normalized spacial score (nSPS) is 16.7. The van der Waals surface area contributed by atoms with E-state index >= 15 is 0 Å². The van der Waals surface area contributed by atoms with Crippen LogP contribution in [0.3, 0.4) is 0 Å². The van der Waals surface area contributed by atoms with Crippen LogP contribution in [0.5, 0.6) is 11.5 Å². The molecular formula is C28H28N2O7. The van der Waals surface area contributed by atoms with Gasteiger partial charge < -0.3 is 23.9 Å². The molecule has 0 bridgehead atoms. The summed E-state index contributed by atoms with van der Waals surface area (Å²) in [7, 11) is 0. The van der Waals surface area contributed by atoms with Gasteiger partial charge in [-0.3, -0.25) is 19.3 Å². The number of hydrogen-bond acceptors (Lipinski definition) is 7. The number of ether oxygens (including phenoxy) is 3. The molecule has 9 nitrogen and oxygen atoms in total. The number of ketones is 1. The quantitative estimate of drug-likeness (QED) is 0.443. The topological polar surface area (TPSA) is 107 Å². The van der Waals surface area contributed by atoms with E-state index in [1.54, 1.807) is 36.4 Å². The van der Waals surface area contributed by atoms with Crippen LogP contribution in [0.4, 0.5) is 5.69 Å². The smallest absolute Gasteiger partial charge is 0.287 e. The van der Waals surface area contributed by atoms with E-state index in [-0.39, 0.29) is 49.2 Å². The maximum Gasteiger partial charge on any atom is 0.287 e. The van der Waals surface area contributed by atoms with Crippen LogP contribution in [0.1, 0.15) is 45.1 Å². The van der Waals surface area contributed by atoms with Crippen LogP contribution in [-0.2, 0) is 16.1 Å². The molecule has 9 heteroatoms. The van der Waals surface area contributed by atoms with Crippen LogP contribution in [0.15, 0.2) is 59.0 Å². The van der Waals surface area contributed by atoms with Crippen LogP contribution >= 0.6 is 0 Å². The summed E-state index contributed by atoms with van der Waals surface area (Å²) in [5, 5.41) is 2.82. The molecule has 2 aromatic carbocycles. The van der Waals surface area contributed by atoms with Crippen molar-refractivity contribution in [3.8, 4) is 11.5 Å². The van der Waals surface area contributed by atoms with E-state index < -0.39 is 0 Å². The van der Waals surface area contributed by atoms with E-state index in [9.17, 15) is 14.4 Å². The lowest BCUT2D eigenvalue weighted by Crippen LogP contribution is -2.38. The molecule has 1 atom stereocenters. The second-order valence-corrected chi connectivity index (χ2v) is 9.09. The maximum absolute atomic E-state index is 12.8. The van der Waals surface area contributed by atoms with Crippen LogP contribution in [0, 0.1) is 6.92 Å². The summed E-state index contributed by atoms with van der Waals surface area (Å²) in [6.45, 7) is 2.91. The van der Waals surface area contributed by atoms with E-state index in [0.717, 1.165) is 18.4 Å². The second-order valence-electron chi connectivity index (χ2n) is 9.09. The summed E-state index contributed by atoms with van der Waals surface area (Å²) in [4.78, 5) is 39.5. The summed E-state index contributed by atoms with van der Waals surface area (Å²) in [5.74, 6) is 0.835. The highest BCUT2D eigenvalue weighted by atomic mass is 16.5. The minimum Gasteiger partial charge on any atom is -0.485 e. The highest BCUT2D eigenvalue weighted by molar-refractivity contribution is 6.02. The monoisotopic (exact) mass is 504 g/mol. The van der Waals surface area contributed by atoms with E-state index in [2.05, 4.69) is 5.32 Å². The number of Topliss-reactive ketones (excluding diaryl/α,β-unsaturated/α-hetero) is 1. The Labute approximate surface area is 214 Å². The molecule has 0 radical (unpaired) electrons. The molecule has 0 spiro atoms. The van der Waals surface area contributed by atoms with Gasteiger partial charge in [0.25, 0.3) is 11.8 Å². The Bertz CT molecular complexity index is 1310. The van der Waals surface area contributed by atoms with Gasteiger partial charge in [-0.15, -0.1) is 0 Å². The lowest BCUT2D eigenvalue weighted by atomic mass is 10.1. The third-order valence-corrected chi connectivity index (χ3v) is 6.30. The fourth-order valence-corrected chi connectivity index (χ4v) is 4.33. The van der Waals surface area contributed by atoms with Crippen molar-refractivity contribution < 1.29 is 33.0 Å². The molecule has 1 fully saturated rings. The first-order chi connectivity index (χ1) is 18.0. The Morgan fingerprint density at radius 2 is 2.03 bits per heavy atom. The molecule has 3 heterocycles. The zero-order valence-electron chi connectivity index (χ0n) is 20.5. The summed E-state index contributed by atoms with van der Waals surface area (Å²) >= 11 is 0. The number of nitrogens with zero attached hydrogens (tertiary/aromatic N) is 1. The molecule has 1 aromatic heterocycles. The van der Waals surface area contributed by atoms with Gasteiger partial charge in [-0.25, -0.2) is 0 Å². The molecule has 1 N–H and O–H groups in total. The Balaban J connectivity index is 1.26. The summed E-state index contributed by atoms with van der Waals surface area (Å²) in [6.07, 6.45) is 1.94. The number of fused-ring (bicyclic) bond motifs is 1. The standard InChI is InChI=1S/C28H28N2O7/c1-18-4-2-5-20(12-18)35-16-24(31)19-7-9-25-23(13-19)30(27(32)17-36-25)15-22-8-10-26(37-22)28(33)29-14-21-6-3-11-34-21/h2,4-5,7-10,12-13,21H,3,6,11,14-17H2,1H3,(H,29,33)/t21-/m0/s1. The van der Waals surface area contributed by atoms with Gasteiger partial charge in [-0.05, 0) is 67.8 Å². The molecule has 2 amide bonds. The van der Waals surface area contributed by atoms with Crippen LogP contribution in [0.25, 0.3) is 0 Å². The molecule has 0 saturated carbocycles. The van der Waals surface area contributed by atoms with Gasteiger partial charge in [0.1, 0.15) is 17.3 Å². The Morgan fingerprint density at radius 1 is 1.14 bits per heavy atom. The molecule has 0 unspecified atom stereocenters. The van der Waals surface area contributed by atoms with Crippen molar-refractivity contribution in [2.75, 3.05) is 31.3 Å². The number of anilines is 1. The van der Waals surface area contributed by atoms with Crippen molar-refractivity contribution in [2.24, 2.45) is 0 Å². The Kier molecular flexibility index (Phi) is 7.23. The molecule has 0 aliphatic carbocycles. The fraction of sp³-hybridized carbons (Fsp3) is 0.321. The second kappa shape index (κ2) is 10.9. The summed E-state index contributed by atoms with van der Waals surface area (Å²) in [5.41, 5.74) is 1.88. The highest BCUT2D eigenvalue weighted by Crippen LogP contribution is 2.34. The van der Waals surface area contributed by atoms with Crippen molar-refractivity contribution in [3.63, 3.8) is 0 Å². The first-order valence-corrected chi connectivity index (χ1v) is 12.2. The van der Waals surface area contributed by atoms with Gasteiger partial charge in [-0.2, -0.15) is 0 Å². The van der Waals surface area contributed by atoms with Crippen molar-refractivity contribution in [1.29, 1.82) is 0 Å². The molecule has 2 aliphatic heterocycles. The van der Waals surface area contributed by atoms with E-state index in [4.69, 9.17) is 18.6 Å². The Hall–Kier alpha value is -4.11. The van der Waals surface area contributed by atoms with E-state index in [1.807, 2.05) is 25.1 Å². The lowest BCUT2D eigenvalue weighted by molar-refractivity contribution is -0.121. The van der Waals surface area contributed by atoms with Gasteiger partial charge in [0, 0.05) is 18.7 Å². The predicted molar refractivity (Wildman–Crippen MR) is 134 cm³/mol. The number of carbonyl (C=O) groups excluding carboxylic acids is 3. The van der Waals surface area contributed by atoms with E-state index in [1.165, 1.54) is 4.90 Å². The number of carbonyl (C=O) groups is 3. The van der Waals surface area contributed by atoms with Gasteiger partial charge in [0.05, 0.1) is 18.3 Å². The molecule has 5 rings (SSSR count). The van der Waals surface area contributed by atoms with E-state index in [0.29, 0.717) is 41.7 Å². The first kappa shape index (κ1) is 24.6. The Morgan fingerprint density at radius 3 is 2.84 bits per heavy atom. The number of rotatable bonds is 9. The fourth-order valence-electron chi connectivity index (χ4n) is 4.33. The van der Waals surface area contributed by atoms with Crippen LogP contribution in [-0.4, -0.2) is 50.1 Å². The molecule has 3 aromatic rings. The maximum atomic E-state index is 12.8. The molecule has 1 saturated heterocycles. The number of benzene rings is 2. The zero-order valence-corrected chi connectivity index (χ0v) is 20.5. The average molecular weight is 505 g/mol. The first-order valence-electron chi connectivity index (χ1n) is 12.2. The summed E-state index contributed by atoms with van der Waals surface area (Å²) < 4.78 is 22.5.